The molecule has 1 aromatic heterocycles. The van der Waals surface area contributed by atoms with Crippen LogP contribution in [-0.2, 0) is 20.8 Å². The van der Waals surface area contributed by atoms with Crippen molar-refractivity contribution in [1.29, 1.82) is 0 Å². The summed E-state index contributed by atoms with van der Waals surface area (Å²) >= 11 is 0. The Bertz CT molecular complexity index is 544. The molecule has 0 atom stereocenters. The Labute approximate surface area is 98.4 Å². The van der Waals surface area contributed by atoms with Gasteiger partial charge in [-0.15, -0.1) is 0 Å². The second-order valence-electron chi connectivity index (χ2n) is 3.36. The molecule has 5 nitrogen and oxygen atoms in total. The Morgan fingerprint density at radius 2 is 1.81 bits per heavy atom. The van der Waals surface area contributed by atoms with Gasteiger partial charge in [-0.1, -0.05) is 0 Å². The molecule has 90 valence electrons. The Morgan fingerprint density at radius 3 is 2.19 bits per heavy atom. The molecule has 0 saturated carbocycles. The highest BCUT2D eigenvalue weighted by Gasteiger charge is 2.29. The second-order valence-corrected chi connectivity index (χ2v) is 5.87. The third-order valence-electron chi connectivity index (χ3n) is 2.56. The lowest BCUT2D eigenvalue weighted by molar-refractivity contribution is 0.0595. The van der Waals surface area contributed by atoms with Crippen LogP contribution < -0.4 is 0 Å². The number of hydrogen-bond acceptors (Lipinski definition) is 4. The van der Waals surface area contributed by atoms with Crippen LogP contribution in [0.3, 0.4) is 0 Å². The molecule has 7 heteroatoms. The van der Waals surface area contributed by atoms with E-state index in [-0.39, 0.29) is 10.5 Å². The molecule has 1 rings (SSSR count). The van der Waals surface area contributed by atoms with Gasteiger partial charge in [0.15, 0.2) is 0 Å². The van der Waals surface area contributed by atoms with E-state index in [0.29, 0.717) is 11.4 Å². The summed E-state index contributed by atoms with van der Waals surface area (Å²) in [4.78, 5) is 11.3. The van der Waals surface area contributed by atoms with Gasteiger partial charge in [-0.2, -0.15) is 0 Å². The molecular formula is C9H12ClNO4S. The standard InChI is InChI=1S/C9H12ClNO4S/c1-5-7(9(12)15-4)8(16(10,13)14)6(2)11(5)3/h1-4H3. The topological polar surface area (TPSA) is 65.4 Å². The molecule has 0 aliphatic carbocycles. The van der Waals surface area contributed by atoms with Crippen LogP contribution >= 0.6 is 10.7 Å². The number of esters is 1. The fourth-order valence-corrected chi connectivity index (χ4v) is 3.09. The number of nitrogens with zero attached hydrogens (tertiary/aromatic N) is 1. The zero-order valence-corrected chi connectivity index (χ0v) is 10.9. The lowest BCUT2D eigenvalue weighted by Crippen LogP contribution is -2.07. The number of rotatable bonds is 2. The number of aromatic nitrogens is 1. The summed E-state index contributed by atoms with van der Waals surface area (Å²) in [6, 6.07) is 0. The number of methoxy groups -OCH3 is 1. The normalized spacial score (nSPS) is 11.6. The van der Waals surface area contributed by atoms with Crippen molar-refractivity contribution >= 4 is 25.7 Å². The fraction of sp³-hybridized carbons (Fsp3) is 0.444. The first-order valence-electron chi connectivity index (χ1n) is 4.40. The molecule has 0 aromatic carbocycles. The molecule has 0 aliphatic heterocycles. The lowest BCUT2D eigenvalue weighted by Gasteiger charge is -2.00. The Morgan fingerprint density at radius 1 is 1.31 bits per heavy atom. The van der Waals surface area contributed by atoms with Crippen LogP contribution in [0.1, 0.15) is 21.7 Å². The molecule has 16 heavy (non-hydrogen) atoms. The summed E-state index contributed by atoms with van der Waals surface area (Å²) < 4.78 is 28.9. The maximum Gasteiger partial charge on any atom is 0.341 e. The van der Waals surface area contributed by atoms with Crippen LogP contribution in [0.5, 0.6) is 0 Å². The van der Waals surface area contributed by atoms with Crippen LogP contribution in [0, 0.1) is 13.8 Å². The second kappa shape index (κ2) is 4.10. The fourth-order valence-electron chi connectivity index (χ4n) is 1.56. The molecule has 1 heterocycles. The van der Waals surface area contributed by atoms with Crippen LogP contribution in [-0.4, -0.2) is 26.1 Å². The maximum atomic E-state index is 11.5. The average molecular weight is 266 g/mol. The van der Waals surface area contributed by atoms with Crippen molar-refractivity contribution in [1.82, 2.24) is 4.57 Å². The number of carbonyl (C=O) groups is 1. The van der Waals surface area contributed by atoms with Crippen molar-refractivity contribution < 1.29 is 17.9 Å². The lowest BCUT2D eigenvalue weighted by atomic mass is 10.2. The van der Waals surface area contributed by atoms with E-state index in [9.17, 15) is 13.2 Å². The number of halogens is 1. The van der Waals surface area contributed by atoms with Gasteiger partial charge in [0, 0.05) is 29.1 Å². The van der Waals surface area contributed by atoms with Crippen LogP contribution in [0.2, 0.25) is 0 Å². The number of carbonyl (C=O) groups excluding carboxylic acids is 1. The van der Waals surface area contributed by atoms with E-state index in [0.717, 1.165) is 0 Å². The highest BCUT2D eigenvalue weighted by Crippen LogP contribution is 2.29. The maximum absolute atomic E-state index is 11.5. The monoisotopic (exact) mass is 265 g/mol. The quantitative estimate of drug-likeness (QED) is 0.598. The van der Waals surface area contributed by atoms with Crippen molar-refractivity contribution in [3.8, 4) is 0 Å². The molecule has 0 unspecified atom stereocenters. The van der Waals surface area contributed by atoms with E-state index in [2.05, 4.69) is 4.74 Å². The molecule has 0 fully saturated rings. The van der Waals surface area contributed by atoms with E-state index in [1.807, 2.05) is 0 Å². The summed E-state index contributed by atoms with van der Waals surface area (Å²) in [5, 5.41) is 0. The number of ether oxygens (including phenoxy) is 1. The molecule has 0 aliphatic rings. The van der Waals surface area contributed by atoms with Gasteiger partial charge in [0.25, 0.3) is 9.05 Å². The van der Waals surface area contributed by atoms with Crippen molar-refractivity contribution in [3.63, 3.8) is 0 Å². The summed E-state index contributed by atoms with van der Waals surface area (Å²) in [7, 11) is 4.18. The summed E-state index contributed by atoms with van der Waals surface area (Å²) in [5.74, 6) is -0.708. The Balaban J connectivity index is 3.72. The van der Waals surface area contributed by atoms with E-state index in [4.69, 9.17) is 10.7 Å². The first kappa shape index (κ1) is 13.1. The zero-order valence-electron chi connectivity index (χ0n) is 9.37. The molecule has 0 saturated heterocycles. The third kappa shape index (κ3) is 1.94. The minimum atomic E-state index is -3.97. The predicted octanol–water partition coefficient (Wildman–Crippen LogP) is 1.36. The minimum absolute atomic E-state index is 0.00231. The predicted molar refractivity (Wildman–Crippen MR) is 59.3 cm³/mol. The highest BCUT2D eigenvalue weighted by molar-refractivity contribution is 8.13. The van der Waals surface area contributed by atoms with Gasteiger partial charge in [0.05, 0.1) is 7.11 Å². The van der Waals surface area contributed by atoms with E-state index in [1.54, 1.807) is 25.5 Å². The molecule has 0 N–H and O–H groups in total. The average Bonchev–Trinajstić information content (AvgIpc) is 2.40. The van der Waals surface area contributed by atoms with Gasteiger partial charge in [-0.3, -0.25) is 0 Å². The Hall–Kier alpha value is -1.01. The van der Waals surface area contributed by atoms with Crippen molar-refractivity contribution in [2.75, 3.05) is 7.11 Å². The van der Waals surface area contributed by atoms with E-state index >= 15 is 0 Å². The van der Waals surface area contributed by atoms with Gasteiger partial charge in [-0.25, -0.2) is 13.2 Å². The van der Waals surface area contributed by atoms with Gasteiger partial charge < -0.3 is 9.30 Å². The van der Waals surface area contributed by atoms with Crippen LogP contribution in [0.15, 0.2) is 4.90 Å². The zero-order chi connectivity index (χ0) is 12.7. The van der Waals surface area contributed by atoms with Gasteiger partial charge >= 0.3 is 5.97 Å². The molecule has 1 aromatic rings. The van der Waals surface area contributed by atoms with Gasteiger partial charge in [0.2, 0.25) is 0 Å². The molecule has 0 radical (unpaired) electrons. The van der Waals surface area contributed by atoms with E-state index in [1.165, 1.54) is 7.11 Å². The summed E-state index contributed by atoms with van der Waals surface area (Å²) in [5.41, 5.74) is 0.911. The first-order valence-corrected chi connectivity index (χ1v) is 6.71. The van der Waals surface area contributed by atoms with Crippen LogP contribution in [0.4, 0.5) is 0 Å². The smallest absolute Gasteiger partial charge is 0.341 e. The molecular weight excluding hydrogens is 254 g/mol. The van der Waals surface area contributed by atoms with E-state index < -0.39 is 15.0 Å². The van der Waals surface area contributed by atoms with Crippen molar-refractivity contribution in [3.05, 3.63) is 17.0 Å². The summed E-state index contributed by atoms with van der Waals surface area (Å²) in [6.07, 6.45) is 0. The molecule has 0 bridgehead atoms. The molecule has 0 amide bonds. The third-order valence-corrected chi connectivity index (χ3v) is 4.01. The van der Waals surface area contributed by atoms with Gasteiger partial charge in [0.1, 0.15) is 10.5 Å². The van der Waals surface area contributed by atoms with Crippen molar-refractivity contribution in [2.45, 2.75) is 18.7 Å². The minimum Gasteiger partial charge on any atom is -0.465 e. The van der Waals surface area contributed by atoms with Crippen LogP contribution in [0.25, 0.3) is 0 Å². The summed E-state index contributed by atoms with van der Waals surface area (Å²) in [6.45, 7) is 3.21. The van der Waals surface area contributed by atoms with Crippen molar-refractivity contribution in [2.24, 2.45) is 7.05 Å². The largest absolute Gasteiger partial charge is 0.465 e. The molecule has 0 spiro atoms. The van der Waals surface area contributed by atoms with Gasteiger partial charge in [-0.05, 0) is 13.8 Å². The SMILES string of the molecule is COC(=O)c1c(S(=O)(=O)Cl)c(C)n(C)c1C. The first-order chi connectivity index (χ1) is 7.21. The highest BCUT2D eigenvalue weighted by atomic mass is 35.7. The Kier molecular flexibility index (Phi) is 3.35. The number of hydrogen-bond donors (Lipinski definition) is 0.